The van der Waals surface area contributed by atoms with Crippen LogP contribution in [0.2, 0.25) is 0 Å². The number of halogens is 1. The fourth-order valence-corrected chi connectivity index (χ4v) is 5.94. The van der Waals surface area contributed by atoms with Crippen molar-refractivity contribution in [3.63, 3.8) is 0 Å². The number of nitrogens with one attached hydrogen (secondary N) is 2. The maximum absolute atomic E-state index is 13.4. The lowest BCUT2D eigenvalue weighted by atomic mass is 9.69. The summed E-state index contributed by atoms with van der Waals surface area (Å²) in [6.45, 7) is 4.21. The number of benzene rings is 2. The Morgan fingerprint density at radius 2 is 1.88 bits per heavy atom. The molecule has 0 bridgehead atoms. The number of hydrogen-bond donors (Lipinski definition) is 2. The van der Waals surface area contributed by atoms with Gasteiger partial charge in [-0.2, -0.15) is 0 Å². The summed E-state index contributed by atoms with van der Waals surface area (Å²) in [5.41, 5.74) is 3.79. The minimum atomic E-state index is -0.443. The Morgan fingerprint density at radius 1 is 1.09 bits per heavy atom. The molecule has 2 heterocycles. The summed E-state index contributed by atoms with van der Waals surface area (Å²) in [5.74, 6) is 0.897. The first-order chi connectivity index (χ1) is 15.8. The van der Waals surface area contributed by atoms with Crippen LogP contribution < -0.4 is 10.9 Å². The van der Waals surface area contributed by atoms with Crippen molar-refractivity contribution in [2.24, 2.45) is 5.41 Å². The van der Waals surface area contributed by atoms with Gasteiger partial charge in [-0.1, -0.05) is 84.0 Å². The summed E-state index contributed by atoms with van der Waals surface area (Å²) < 4.78 is 0.908. The van der Waals surface area contributed by atoms with Gasteiger partial charge in [0.05, 0.1) is 5.56 Å². The number of aromatic nitrogens is 2. The van der Waals surface area contributed by atoms with Crippen LogP contribution in [0, 0.1) is 5.41 Å². The van der Waals surface area contributed by atoms with E-state index in [0.717, 1.165) is 27.7 Å². The van der Waals surface area contributed by atoms with Crippen LogP contribution in [-0.2, 0) is 10.5 Å². The van der Waals surface area contributed by atoms with E-state index >= 15 is 0 Å². The zero-order valence-corrected chi connectivity index (χ0v) is 20.8. The standard InChI is InChI=1S/C26H24BrN3O2S/c1-26(2)12-18-21(19(31)13-26)20(16-9-6-10-17(27)11-16)22-23(28-18)29-25(30-24(22)32)33-14-15-7-4-3-5-8-15/h3-11,20H,12-14H2,1-2H3,(H2,28,29,30,32)/t20-/m0/s1. The number of aromatic amines is 1. The van der Waals surface area contributed by atoms with Crippen molar-refractivity contribution in [3.05, 3.63) is 97.4 Å². The second-order valence-electron chi connectivity index (χ2n) is 9.35. The third kappa shape index (κ3) is 4.44. The van der Waals surface area contributed by atoms with Crippen molar-refractivity contribution in [2.75, 3.05) is 5.32 Å². The number of rotatable bonds is 4. The number of hydrogen-bond acceptors (Lipinski definition) is 5. The molecule has 0 amide bonds. The Hall–Kier alpha value is -2.64. The average molecular weight is 522 g/mol. The first-order valence-electron chi connectivity index (χ1n) is 10.9. The highest BCUT2D eigenvalue weighted by Gasteiger charge is 2.42. The van der Waals surface area contributed by atoms with Crippen LogP contribution in [0.3, 0.4) is 0 Å². The third-order valence-electron chi connectivity index (χ3n) is 6.10. The van der Waals surface area contributed by atoms with Gasteiger partial charge >= 0.3 is 0 Å². The van der Waals surface area contributed by atoms with Crippen LogP contribution in [-0.4, -0.2) is 15.8 Å². The van der Waals surface area contributed by atoms with Crippen molar-refractivity contribution in [3.8, 4) is 0 Å². The number of nitrogens with zero attached hydrogens (tertiary/aromatic N) is 1. The van der Waals surface area contributed by atoms with Crippen LogP contribution in [0.1, 0.15) is 49.3 Å². The predicted molar refractivity (Wildman–Crippen MR) is 136 cm³/mol. The van der Waals surface area contributed by atoms with Crippen molar-refractivity contribution < 1.29 is 4.79 Å². The smallest absolute Gasteiger partial charge is 0.257 e. The molecule has 0 unspecified atom stereocenters. The van der Waals surface area contributed by atoms with E-state index in [0.29, 0.717) is 34.3 Å². The number of Topliss-reactive ketones (excluding diaryl/α,β-unsaturated/α-hetero) is 1. The first kappa shape index (κ1) is 22.2. The normalized spacial score (nSPS) is 19.0. The Labute approximate surface area is 205 Å². The highest BCUT2D eigenvalue weighted by Crippen LogP contribution is 2.47. The number of fused-ring (bicyclic) bond motifs is 1. The van der Waals surface area contributed by atoms with Gasteiger partial charge in [0.25, 0.3) is 5.56 Å². The second-order valence-corrected chi connectivity index (χ2v) is 11.2. The summed E-state index contributed by atoms with van der Waals surface area (Å²) in [6.07, 6.45) is 1.20. The van der Waals surface area contributed by atoms with E-state index in [2.05, 4.69) is 52.2 Å². The van der Waals surface area contributed by atoms with E-state index in [4.69, 9.17) is 4.98 Å². The largest absolute Gasteiger partial charge is 0.343 e. The second kappa shape index (κ2) is 8.61. The molecule has 5 nitrogen and oxygen atoms in total. The van der Waals surface area contributed by atoms with Gasteiger partial charge < -0.3 is 10.3 Å². The van der Waals surface area contributed by atoms with E-state index in [-0.39, 0.29) is 16.8 Å². The van der Waals surface area contributed by atoms with Gasteiger partial charge in [-0.3, -0.25) is 9.59 Å². The minimum absolute atomic E-state index is 0.0892. The first-order valence-corrected chi connectivity index (χ1v) is 12.7. The molecule has 0 fully saturated rings. The van der Waals surface area contributed by atoms with Gasteiger partial charge in [0.2, 0.25) is 0 Å². The molecule has 0 spiro atoms. The van der Waals surface area contributed by atoms with E-state index in [1.54, 1.807) is 0 Å². The average Bonchev–Trinajstić information content (AvgIpc) is 2.76. The molecule has 2 aromatic carbocycles. The molecule has 1 aliphatic carbocycles. The number of H-pyrrole nitrogens is 1. The number of carbonyl (C=O) groups is 1. The van der Waals surface area contributed by atoms with Crippen molar-refractivity contribution >= 4 is 39.3 Å². The van der Waals surface area contributed by atoms with Gasteiger partial charge in [-0.25, -0.2) is 4.98 Å². The van der Waals surface area contributed by atoms with Gasteiger partial charge in [0.1, 0.15) is 5.82 Å². The molecular weight excluding hydrogens is 498 g/mol. The maximum Gasteiger partial charge on any atom is 0.257 e. The Morgan fingerprint density at radius 3 is 2.64 bits per heavy atom. The van der Waals surface area contributed by atoms with E-state index in [1.807, 2.05) is 42.5 Å². The molecule has 0 radical (unpaired) electrons. The maximum atomic E-state index is 13.4. The van der Waals surface area contributed by atoms with E-state index in [9.17, 15) is 9.59 Å². The number of anilines is 1. The highest BCUT2D eigenvalue weighted by molar-refractivity contribution is 9.10. The lowest BCUT2D eigenvalue weighted by molar-refractivity contribution is -0.118. The van der Waals surface area contributed by atoms with Crippen molar-refractivity contribution in [2.45, 2.75) is 43.5 Å². The monoisotopic (exact) mass is 521 g/mol. The molecule has 2 aliphatic rings. The van der Waals surface area contributed by atoms with Gasteiger partial charge in [0.15, 0.2) is 10.9 Å². The van der Waals surface area contributed by atoms with Crippen molar-refractivity contribution in [1.82, 2.24) is 9.97 Å². The fraction of sp³-hybridized carbons (Fsp3) is 0.269. The van der Waals surface area contributed by atoms with Gasteiger partial charge in [-0.15, -0.1) is 0 Å². The summed E-state index contributed by atoms with van der Waals surface area (Å²) >= 11 is 5.03. The minimum Gasteiger partial charge on any atom is -0.343 e. The van der Waals surface area contributed by atoms with Crippen LogP contribution in [0.5, 0.6) is 0 Å². The number of allylic oxidation sites excluding steroid dienone is 2. The zero-order valence-electron chi connectivity index (χ0n) is 18.4. The topological polar surface area (TPSA) is 74.8 Å². The fourth-order valence-electron chi connectivity index (χ4n) is 4.71. The lowest BCUT2D eigenvalue weighted by Gasteiger charge is -2.38. The number of carbonyl (C=O) groups excluding carboxylic acids is 1. The quantitative estimate of drug-likeness (QED) is 0.324. The molecular formula is C26H24BrN3O2S. The van der Waals surface area contributed by atoms with E-state index < -0.39 is 5.92 Å². The summed E-state index contributed by atoms with van der Waals surface area (Å²) in [4.78, 5) is 34.4. The van der Waals surface area contributed by atoms with Crippen LogP contribution in [0.15, 0.2) is 80.3 Å². The van der Waals surface area contributed by atoms with Crippen LogP contribution in [0.25, 0.3) is 0 Å². The molecule has 33 heavy (non-hydrogen) atoms. The molecule has 2 N–H and O–H groups in total. The molecule has 0 saturated carbocycles. The number of thioether (sulfide) groups is 1. The van der Waals surface area contributed by atoms with E-state index in [1.165, 1.54) is 11.8 Å². The summed E-state index contributed by atoms with van der Waals surface area (Å²) in [6, 6.07) is 17.9. The Balaban J connectivity index is 1.60. The number of ketones is 1. The van der Waals surface area contributed by atoms with Gasteiger partial charge in [-0.05, 0) is 35.1 Å². The molecule has 1 atom stereocenters. The highest BCUT2D eigenvalue weighted by atomic mass is 79.9. The molecule has 168 valence electrons. The SMILES string of the molecule is CC1(C)CC(=O)C2=C(C1)Nc1nc(SCc3ccccc3)[nH]c(=O)c1[C@H]2c1cccc(Br)c1. The van der Waals surface area contributed by atoms with Crippen molar-refractivity contribution in [1.29, 1.82) is 0 Å². The lowest BCUT2D eigenvalue weighted by Crippen LogP contribution is -2.37. The summed E-state index contributed by atoms with van der Waals surface area (Å²) in [7, 11) is 0. The molecule has 5 rings (SSSR count). The predicted octanol–water partition coefficient (Wildman–Crippen LogP) is 6.03. The molecule has 7 heteroatoms. The Bertz CT molecular complexity index is 1330. The Kier molecular flexibility index (Phi) is 5.79. The molecule has 1 aromatic heterocycles. The van der Waals surface area contributed by atoms with Crippen LogP contribution >= 0.6 is 27.7 Å². The van der Waals surface area contributed by atoms with Crippen LogP contribution in [0.4, 0.5) is 5.82 Å². The molecule has 0 saturated heterocycles. The molecule has 1 aliphatic heterocycles. The third-order valence-corrected chi connectivity index (χ3v) is 7.54. The zero-order chi connectivity index (χ0) is 23.2. The molecule has 3 aromatic rings. The van der Waals surface area contributed by atoms with Gasteiger partial charge in [0, 0.05) is 33.8 Å². The summed E-state index contributed by atoms with van der Waals surface area (Å²) in [5, 5.41) is 3.94.